The Hall–Kier alpha value is -2.78. The molecule has 2 aromatic rings. The van der Waals surface area contributed by atoms with Crippen LogP contribution >= 0.6 is 0 Å². The van der Waals surface area contributed by atoms with E-state index in [4.69, 9.17) is 14.6 Å². The van der Waals surface area contributed by atoms with Crippen LogP contribution in [0, 0.1) is 5.92 Å². The predicted octanol–water partition coefficient (Wildman–Crippen LogP) is 2.45. The number of nitrogens with two attached hydrogens (primary N) is 1. The van der Waals surface area contributed by atoms with Crippen LogP contribution in [0.25, 0.3) is 0 Å². The van der Waals surface area contributed by atoms with Crippen LogP contribution in [0.15, 0.2) is 48.5 Å². The summed E-state index contributed by atoms with van der Waals surface area (Å²) < 4.78 is 38.0. The van der Waals surface area contributed by atoms with Crippen molar-refractivity contribution in [2.75, 3.05) is 32.2 Å². The summed E-state index contributed by atoms with van der Waals surface area (Å²) in [6.45, 7) is 1.38. The summed E-state index contributed by atoms with van der Waals surface area (Å²) in [7, 11) is -1.24. The number of piperidine rings is 1. The van der Waals surface area contributed by atoms with Gasteiger partial charge in [0.15, 0.2) is 0 Å². The van der Waals surface area contributed by atoms with Gasteiger partial charge in [0.1, 0.15) is 11.5 Å². The third-order valence-corrected chi connectivity index (χ3v) is 5.74. The lowest BCUT2D eigenvalue weighted by Gasteiger charge is -2.37. The molecule has 3 rings (SSSR count). The molecule has 1 heterocycles. The number of hydrogen-bond acceptors (Lipinski definition) is 7. The second-order valence-corrected chi connectivity index (χ2v) is 8.30. The number of rotatable bonds is 7. The van der Waals surface area contributed by atoms with Crippen LogP contribution in [0.1, 0.15) is 24.3 Å². The summed E-state index contributed by atoms with van der Waals surface area (Å²) >= 11 is 0. The lowest BCUT2D eigenvalue weighted by Crippen LogP contribution is -2.38. The van der Waals surface area contributed by atoms with Gasteiger partial charge in [-0.3, -0.25) is 4.79 Å². The zero-order valence-electron chi connectivity index (χ0n) is 17.0. The van der Waals surface area contributed by atoms with Crippen LogP contribution in [-0.2, 0) is 19.3 Å². The standard InChI is InChI=1S/C21H26N2O6S/c1-27-17-7-5-6-16(14-17)20(21(24)29-30(22,25)26)15-10-12-23(13-11-15)18-8-3-4-9-19(18)28-2/h3-9,14-15,20H,10-13H2,1-2H3,(H2,22,25,26). The summed E-state index contributed by atoms with van der Waals surface area (Å²) in [4.78, 5) is 15.0. The minimum absolute atomic E-state index is 0.114. The minimum atomic E-state index is -4.40. The van der Waals surface area contributed by atoms with Crippen molar-refractivity contribution in [3.8, 4) is 11.5 Å². The summed E-state index contributed by atoms with van der Waals surface area (Å²) in [5, 5.41) is 4.95. The van der Waals surface area contributed by atoms with Gasteiger partial charge in [-0.25, -0.2) is 0 Å². The second kappa shape index (κ2) is 9.36. The van der Waals surface area contributed by atoms with E-state index in [1.807, 2.05) is 24.3 Å². The van der Waals surface area contributed by atoms with E-state index in [9.17, 15) is 13.2 Å². The molecule has 1 aliphatic heterocycles. The molecule has 0 saturated carbocycles. The summed E-state index contributed by atoms with van der Waals surface area (Å²) in [6, 6.07) is 14.8. The molecule has 9 heteroatoms. The van der Waals surface area contributed by atoms with Gasteiger partial charge >= 0.3 is 16.3 Å². The number of benzene rings is 2. The van der Waals surface area contributed by atoms with Crippen LogP contribution < -0.4 is 19.5 Å². The normalized spacial score (nSPS) is 16.0. The third-order valence-electron chi connectivity index (χ3n) is 5.34. The molecule has 1 fully saturated rings. The molecule has 8 nitrogen and oxygen atoms in total. The fourth-order valence-corrected chi connectivity index (χ4v) is 4.30. The van der Waals surface area contributed by atoms with Gasteiger partial charge in [0.25, 0.3) is 0 Å². The number of carbonyl (C=O) groups excluding carboxylic acids is 1. The van der Waals surface area contributed by atoms with E-state index in [-0.39, 0.29) is 5.92 Å². The van der Waals surface area contributed by atoms with Gasteiger partial charge in [-0.2, -0.15) is 13.6 Å². The number of anilines is 1. The number of hydrogen-bond donors (Lipinski definition) is 1. The van der Waals surface area contributed by atoms with Crippen LogP contribution in [-0.4, -0.2) is 41.7 Å². The highest BCUT2D eigenvalue weighted by atomic mass is 32.2. The zero-order valence-corrected chi connectivity index (χ0v) is 17.8. The van der Waals surface area contributed by atoms with Gasteiger partial charge in [0, 0.05) is 13.1 Å². The summed E-state index contributed by atoms with van der Waals surface area (Å²) in [5.41, 5.74) is 1.63. The van der Waals surface area contributed by atoms with Crippen LogP contribution in [0.2, 0.25) is 0 Å². The smallest absolute Gasteiger partial charge is 0.382 e. The first-order valence-electron chi connectivity index (χ1n) is 9.60. The maximum atomic E-state index is 12.8. The maximum Gasteiger partial charge on any atom is 0.382 e. The first-order valence-corrected chi connectivity index (χ1v) is 11.1. The average molecular weight is 435 g/mol. The molecule has 2 N–H and O–H groups in total. The van der Waals surface area contributed by atoms with Crippen molar-refractivity contribution < 1.29 is 26.9 Å². The van der Waals surface area contributed by atoms with Crippen LogP contribution in [0.3, 0.4) is 0 Å². The minimum Gasteiger partial charge on any atom is -0.497 e. The van der Waals surface area contributed by atoms with Crippen molar-refractivity contribution in [2.45, 2.75) is 18.8 Å². The number of nitrogens with zero attached hydrogens (tertiary/aromatic N) is 1. The predicted molar refractivity (Wildman–Crippen MR) is 113 cm³/mol. The Balaban J connectivity index is 1.83. The topological polar surface area (TPSA) is 108 Å². The van der Waals surface area contributed by atoms with Gasteiger partial charge in [-0.1, -0.05) is 24.3 Å². The molecule has 0 amide bonds. The molecular weight excluding hydrogens is 408 g/mol. The van der Waals surface area contributed by atoms with E-state index >= 15 is 0 Å². The Kier molecular flexibility index (Phi) is 6.84. The van der Waals surface area contributed by atoms with E-state index in [1.165, 1.54) is 7.11 Å². The maximum absolute atomic E-state index is 12.8. The summed E-state index contributed by atoms with van der Waals surface area (Å²) in [6.07, 6.45) is 1.33. The molecular formula is C21H26N2O6S. The van der Waals surface area contributed by atoms with Gasteiger partial charge in [0.05, 0.1) is 25.8 Å². The Morgan fingerprint density at radius 3 is 2.40 bits per heavy atom. The van der Waals surface area contributed by atoms with E-state index < -0.39 is 22.2 Å². The van der Waals surface area contributed by atoms with Gasteiger partial charge < -0.3 is 18.6 Å². The first kappa shape index (κ1) is 21.9. The van der Waals surface area contributed by atoms with Crippen molar-refractivity contribution in [3.63, 3.8) is 0 Å². The van der Waals surface area contributed by atoms with E-state index in [0.29, 0.717) is 37.2 Å². The molecule has 1 atom stereocenters. The van der Waals surface area contributed by atoms with Crippen molar-refractivity contribution in [1.29, 1.82) is 0 Å². The molecule has 1 unspecified atom stereocenters. The quantitative estimate of drug-likeness (QED) is 0.713. The average Bonchev–Trinajstić information content (AvgIpc) is 2.73. The molecule has 0 aromatic heterocycles. The van der Waals surface area contributed by atoms with Gasteiger partial charge in [-0.05, 0) is 48.6 Å². The lowest BCUT2D eigenvalue weighted by atomic mass is 9.80. The summed E-state index contributed by atoms with van der Waals surface area (Å²) in [5.74, 6) is -0.390. The SMILES string of the molecule is COc1cccc(C(C(=O)OS(N)(=O)=O)C2CCN(c3ccccc3OC)CC2)c1. The molecule has 162 valence electrons. The number of ether oxygens (including phenoxy) is 2. The molecule has 1 saturated heterocycles. The van der Waals surface area contributed by atoms with E-state index in [0.717, 1.165) is 11.4 Å². The lowest BCUT2D eigenvalue weighted by molar-refractivity contribution is -0.137. The first-order chi connectivity index (χ1) is 14.3. The highest BCUT2D eigenvalue weighted by Crippen LogP contribution is 2.38. The Morgan fingerprint density at radius 2 is 1.77 bits per heavy atom. The van der Waals surface area contributed by atoms with Crippen molar-refractivity contribution in [2.24, 2.45) is 11.1 Å². The van der Waals surface area contributed by atoms with Crippen LogP contribution in [0.5, 0.6) is 11.5 Å². The van der Waals surface area contributed by atoms with Gasteiger partial charge in [-0.15, -0.1) is 0 Å². The molecule has 2 aromatic carbocycles. The molecule has 0 bridgehead atoms. The van der Waals surface area contributed by atoms with Crippen LogP contribution in [0.4, 0.5) is 5.69 Å². The zero-order chi connectivity index (χ0) is 21.7. The monoisotopic (exact) mass is 434 g/mol. The Bertz CT molecular complexity index is 986. The molecule has 1 aliphatic rings. The third kappa shape index (κ3) is 5.22. The molecule has 0 aliphatic carbocycles. The number of carbonyl (C=O) groups is 1. The van der Waals surface area contributed by atoms with Crippen molar-refractivity contribution >= 4 is 22.0 Å². The Morgan fingerprint density at radius 1 is 1.07 bits per heavy atom. The fourth-order valence-electron chi connectivity index (χ4n) is 3.97. The number of para-hydroxylation sites is 2. The van der Waals surface area contributed by atoms with Crippen molar-refractivity contribution in [1.82, 2.24) is 0 Å². The van der Waals surface area contributed by atoms with Gasteiger partial charge in [0.2, 0.25) is 0 Å². The highest BCUT2D eigenvalue weighted by Gasteiger charge is 2.36. The second-order valence-electron chi connectivity index (χ2n) is 7.15. The fraction of sp³-hybridized carbons (Fsp3) is 0.381. The molecule has 0 radical (unpaired) electrons. The molecule has 0 spiro atoms. The highest BCUT2D eigenvalue weighted by molar-refractivity contribution is 7.84. The van der Waals surface area contributed by atoms with E-state index in [1.54, 1.807) is 31.4 Å². The van der Waals surface area contributed by atoms with Crippen molar-refractivity contribution in [3.05, 3.63) is 54.1 Å². The molecule has 30 heavy (non-hydrogen) atoms. The van der Waals surface area contributed by atoms with E-state index in [2.05, 4.69) is 9.08 Å². The Labute approximate surface area is 176 Å². The largest absolute Gasteiger partial charge is 0.497 e. The number of methoxy groups -OCH3 is 2.